The number of phenolic OH excluding ortho intramolecular Hbond substituents is 1. The molecule has 0 bridgehead atoms. The SMILES string of the molecule is CC(CNC(=O)c1ccc(Br)c(O)c1)c1nccs1. The van der Waals surface area contributed by atoms with Crippen molar-refractivity contribution in [2.24, 2.45) is 0 Å². The molecule has 0 spiro atoms. The van der Waals surface area contributed by atoms with Crippen LogP contribution in [0.15, 0.2) is 34.2 Å². The molecule has 1 heterocycles. The van der Waals surface area contributed by atoms with Gasteiger partial charge in [-0.3, -0.25) is 4.79 Å². The first-order chi connectivity index (χ1) is 9.08. The average molecular weight is 341 g/mol. The van der Waals surface area contributed by atoms with Gasteiger partial charge in [0, 0.05) is 29.6 Å². The number of phenols is 1. The molecule has 6 heteroatoms. The Morgan fingerprint density at radius 2 is 2.37 bits per heavy atom. The number of hydrogen-bond acceptors (Lipinski definition) is 4. The normalized spacial score (nSPS) is 12.1. The summed E-state index contributed by atoms with van der Waals surface area (Å²) < 4.78 is 0.570. The van der Waals surface area contributed by atoms with Crippen LogP contribution in [-0.4, -0.2) is 22.5 Å². The molecule has 0 aliphatic heterocycles. The summed E-state index contributed by atoms with van der Waals surface area (Å²) in [6.45, 7) is 2.53. The molecule has 1 aromatic heterocycles. The number of aromatic nitrogens is 1. The molecular formula is C13H13BrN2O2S. The highest BCUT2D eigenvalue weighted by atomic mass is 79.9. The van der Waals surface area contributed by atoms with Crippen LogP contribution in [0.2, 0.25) is 0 Å². The summed E-state index contributed by atoms with van der Waals surface area (Å²) in [4.78, 5) is 16.1. The van der Waals surface area contributed by atoms with Crippen molar-refractivity contribution < 1.29 is 9.90 Å². The third-order valence-corrected chi connectivity index (χ3v) is 4.33. The molecule has 0 aliphatic carbocycles. The quantitative estimate of drug-likeness (QED) is 0.898. The van der Waals surface area contributed by atoms with Gasteiger partial charge >= 0.3 is 0 Å². The van der Waals surface area contributed by atoms with E-state index < -0.39 is 0 Å². The predicted octanol–water partition coefficient (Wildman–Crippen LogP) is 3.14. The summed E-state index contributed by atoms with van der Waals surface area (Å²) in [5.74, 6) is 0.0276. The average Bonchev–Trinajstić information content (AvgIpc) is 2.92. The first-order valence-corrected chi connectivity index (χ1v) is 7.41. The maximum absolute atomic E-state index is 11.9. The summed E-state index contributed by atoms with van der Waals surface area (Å²) in [5.41, 5.74) is 0.437. The largest absolute Gasteiger partial charge is 0.507 e. The number of amides is 1. The zero-order valence-corrected chi connectivity index (χ0v) is 12.7. The van der Waals surface area contributed by atoms with E-state index in [1.165, 1.54) is 6.07 Å². The number of thiazole rings is 1. The van der Waals surface area contributed by atoms with Crippen molar-refractivity contribution in [2.75, 3.05) is 6.54 Å². The Morgan fingerprint density at radius 1 is 1.58 bits per heavy atom. The topological polar surface area (TPSA) is 62.2 Å². The molecule has 1 aromatic carbocycles. The molecule has 4 nitrogen and oxygen atoms in total. The second-order valence-electron chi connectivity index (χ2n) is 4.15. The number of aromatic hydroxyl groups is 1. The van der Waals surface area contributed by atoms with Gasteiger partial charge in [-0.15, -0.1) is 11.3 Å². The van der Waals surface area contributed by atoms with Crippen molar-refractivity contribution in [2.45, 2.75) is 12.8 Å². The van der Waals surface area contributed by atoms with Crippen LogP contribution in [0.1, 0.15) is 28.2 Å². The van der Waals surface area contributed by atoms with Gasteiger partial charge in [-0.25, -0.2) is 4.98 Å². The van der Waals surface area contributed by atoms with Crippen LogP contribution in [0.5, 0.6) is 5.75 Å². The lowest BCUT2D eigenvalue weighted by molar-refractivity contribution is 0.0951. The van der Waals surface area contributed by atoms with Crippen LogP contribution >= 0.6 is 27.3 Å². The molecule has 0 aliphatic rings. The van der Waals surface area contributed by atoms with Gasteiger partial charge in [0.15, 0.2) is 0 Å². The minimum absolute atomic E-state index is 0.0561. The lowest BCUT2D eigenvalue weighted by Gasteiger charge is -2.10. The van der Waals surface area contributed by atoms with Crippen LogP contribution in [0.25, 0.3) is 0 Å². The van der Waals surface area contributed by atoms with E-state index >= 15 is 0 Å². The highest BCUT2D eigenvalue weighted by Crippen LogP contribution is 2.24. The molecule has 2 N–H and O–H groups in total. The number of benzene rings is 1. The number of carbonyl (C=O) groups excluding carboxylic acids is 1. The van der Waals surface area contributed by atoms with Crippen molar-refractivity contribution in [1.29, 1.82) is 0 Å². The number of carbonyl (C=O) groups is 1. The lowest BCUT2D eigenvalue weighted by Crippen LogP contribution is -2.27. The van der Waals surface area contributed by atoms with Gasteiger partial charge in [0.2, 0.25) is 0 Å². The number of rotatable bonds is 4. The predicted molar refractivity (Wildman–Crippen MR) is 78.7 cm³/mol. The zero-order valence-electron chi connectivity index (χ0n) is 10.3. The van der Waals surface area contributed by atoms with E-state index in [0.29, 0.717) is 16.6 Å². The van der Waals surface area contributed by atoms with E-state index in [-0.39, 0.29) is 17.6 Å². The Hall–Kier alpha value is -1.40. The summed E-state index contributed by atoms with van der Waals surface area (Å²) >= 11 is 4.75. The second-order valence-corrected chi connectivity index (χ2v) is 5.93. The fraction of sp³-hybridized carbons (Fsp3) is 0.231. The molecule has 1 unspecified atom stereocenters. The van der Waals surface area contributed by atoms with E-state index in [9.17, 15) is 9.90 Å². The van der Waals surface area contributed by atoms with E-state index in [1.54, 1.807) is 29.7 Å². The Labute approximate surface area is 123 Å². The summed E-state index contributed by atoms with van der Waals surface area (Å²) in [7, 11) is 0. The van der Waals surface area contributed by atoms with Crippen LogP contribution in [0, 0.1) is 0 Å². The number of hydrogen-bond donors (Lipinski definition) is 2. The van der Waals surface area contributed by atoms with E-state index in [4.69, 9.17) is 0 Å². The highest BCUT2D eigenvalue weighted by Gasteiger charge is 2.12. The molecule has 2 rings (SSSR count). The molecule has 1 atom stereocenters. The van der Waals surface area contributed by atoms with Crippen molar-refractivity contribution in [3.8, 4) is 5.75 Å². The van der Waals surface area contributed by atoms with Gasteiger partial charge in [-0.2, -0.15) is 0 Å². The minimum atomic E-state index is -0.203. The van der Waals surface area contributed by atoms with Crippen molar-refractivity contribution in [3.63, 3.8) is 0 Å². The maximum atomic E-state index is 11.9. The fourth-order valence-corrected chi connectivity index (χ4v) is 2.51. The smallest absolute Gasteiger partial charge is 0.251 e. The number of nitrogens with one attached hydrogen (secondary N) is 1. The molecule has 0 saturated heterocycles. The molecule has 0 radical (unpaired) electrons. The van der Waals surface area contributed by atoms with Gasteiger partial charge in [0.1, 0.15) is 5.75 Å². The molecular weight excluding hydrogens is 328 g/mol. The van der Waals surface area contributed by atoms with Gasteiger partial charge in [-0.1, -0.05) is 6.92 Å². The highest BCUT2D eigenvalue weighted by molar-refractivity contribution is 9.10. The third-order valence-electron chi connectivity index (χ3n) is 2.65. The lowest BCUT2D eigenvalue weighted by atomic mass is 10.1. The minimum Gasteiger partial charge on any atom is -0.507 e. The van der Waals surface area contributed by atoms with Gasteiger partial charge in [0.25, 0.3) is 5.91 Å². The van der Waals surface area contributed by atoms with E-state index in [1.807, 2.05) is 12.3 Å². The molecule has 1 amide bonds. The van der Waals surface area contributed by atoms with E-state index in [2.05, 4.69) is 26.2 Å². The van der Waals surface area contributed by atoms with Gasteiger partial charge < -0.3 is 10.4 Å². The van der Waals surface area contributed by atoms with Crippen LogP contribution in [-0.2, 0) is 0 Å². The third kappa shape index (κ3) is 3.54. The molecule has 0 fully saturated rings. The monoisotopic (exact) mass is 340 g/mol. The molecule has 0 saturated carbocycles. The van der Waals surface area contributed by atoms with Crippen LogP contribution < -0.4 is 5.32 Å². The summed E-state index contributed by atoms with van der Waals surface area (Å²) in [6, 6.07) is 4.75. The van der Waals surface area contributed by atoms with Crippen LogP contribution in [0.4, 0.5) is 0 Å². The van der Waals surface area contributed by atoms with Gasteiger partial charge in [0.05, 0.1) is 9.48 Å². The molecule has 19 heavy (non-hydrogen) atoms. The standard InChI is InChI=1S/C13H13BrN2O2S/c1-8(13-15-4-5-19-13)7-16-12(18)9-2-3-10(14)11(17)6-9/h2-6,8,17H,7H2,1H3,(H,16,18). The molecule has 2 aromatic rings. The Balaban J connectivity index is 1.96. The summed E-state index contributed by atoms with van der Waals surface area (Å²) in [6.07, 6.45) is 1.76. The Bertz CT molecular complexity index is 572. The van der Waals surface area contributed by atoms with Crippen molar-refractivity contribution in [1.82, 2.24) is 10.3 Å². The summed E-state index contributed by atoms with van der Waals surface area (Å²) in [5, 5.41) is 15.3. The van der Waals surface area contributed by atoms with Crippen molar-refractivity contribution >= 4 is 33.2 Å². The Kier molecular flexibility index (Phi) is 4.55. The second kappa shape index (κ2) is 6.16. The van der Waals surface area contributed by atoms with E-state index in [0.717, 1.165) is 5.01 Å². The van der Waals surface area contributed by atoms with Crippen LogP contribution in [0.3, 0.4) is 0 Å². The molecule has 100 valence electrons. The maximum Gasteiger partial charge on any atom is 0.251 e. The number of halogens is 1. The zero-order chi connectivity index (χ0) is 13.8. The fourth-order valence-electron chi connectivity index (χ4n) is 1.57. The first-order valence-electron chi connectivity index (χ1n) is 5.74. The first kappa shape index (κ1) is 14.0. The Morgan fingerprint density at radius 3 is 3.00 bits per heavy atom. The number of nitrogens with zero attached hydrogens (tertiary/aromatic N) is 1. The van der Waals surface area contributed by atoms with Gasteiger partial charge in [-0.05, 0) is 34.1 Å². The van der Waals surface area contributed by atoms with Crippen molar-refractivity contribution in [3.05, 3.63) is 44.8 Å².